The summed E-state index contributed by atoms with van der Waals surface area (Å²) in [6.45, 7) is 8.21. The number of benzene rings is 1. The third-order valence-electron chi connectivity index (χ3n) is 7.05. The van der Waals surface area contributed by atoms with Gasteiger partial charge in [-0.2, -0.15) is 9.97 Å². The minimum Gasteiger partial charge on any atom is -0.501 e. The lowest BCUT2D eigenvalue weighted by atomic mass is 9.79. The number of alkyl halides is 2. The van der Waals surface area contributed by atoms with E-state index in [0.717, 1.165) is 38.5 Å². The molecule has 1 aromatic heterocycles. The number of ether oxygens (including phenoxy) is 1. The minimum atomic E-state index is -2.59. The molecule has 194 valence electrons. The molecule has 0 amide bonds. The second kappa shape index (κ2) is 10.8. The molecule has 0 spiro atoms. The highest BCUT2D eigenvalue weighted by Gasteiger charge is 2.38. The summed E-state index contributed by atoms with van der Waals surface area (Å²) in [5.41, 5.74) is 0.436. The monoisotopic (exact) mass is 498 g/mol. The standard InChI is InChI=1S/C27H36F2N6O/c1-19-22(36-5)15-21(25(28)29)17-27(19,2)32-23-16-24(33(3)4)31-26(30-23)35-13-11-34(12-14-35)18-20-9-7-6-8-10-20/h6-10,15-17,19,25H,11-14,18H2,1-5H3,(H,30,31,32). The maximum Gasteiger partial charge on any atom is 0.263 e. The van der Waals surface area contributed by atoms with Crippen LogP contribution in [0.2, 0.25) is 0 Å². The molecule has 7 nitrogen and oxygen atoms in total. The maximum absolute atomic E-state index is 13.6. The molecule has 9 heteroatoms. The first-order chi connectivity index (χ1) is 17.2. The first-order valence-electron chi connectivity index (χ1n) is 12.3. The Morgan fingerprint density at radius 2 is 1.83 bits per heavy atom. The summed E-state index contributed by atoms with van der Waals surface area (Å²) in [6, 6.07) is 12.3. The minimum absolute atomic E-state index is 0.0587. The largest absolute Gasteiger partial charge is 0.501 e. The zero-order valence-electron chi connectivity index (χ0n) is 21.7. The number of aromatic nitrogens is 2. The third kappa shape index (κ3) is 5.78. The number of hydrogen-bond donors (Lipinski definition) is 1. The van der Waals surface area contributed by atoms with Crippen LogP contribution in [0.25, 0.3) is 0 Å². The van der Waals surface area contributed by atoms with Crippen LogP contribution in [-0.2, 0) is 11.3 Å². The van der Waals surface area contributed by atoms with E-state index in [1.165, 1.54) is 18.7 Å². The zero-order valence-corrected chi connectivity index (χ0v) is 21.7. The van der Waals surface area contributed by atoms with Crippen molar-refractivity contribution < 1.29 is 13.5 Å². The number of hydrogen-bond acceptors (Lipinski definition) is 7. The van der Waals surface area contributed by atoms with Crippen molar-refractivity contribution in [1.82, 2.24) is 14.9 Å². The van der Waals surface area contributed by atoms with Crippen molar-refractivity contribution in [1.29, 1.82) is 0 Å². The molecule has 2 aromatic rings. The molecule has 1 saturated heterocycles. The van der Waals surface area contributed by atoms with Gasteiger partial charge >= 0.3 is 0 Å². The fraction of sp³-hybridized carbons (Fsp3) is 0.481. The molecular formula is C27H36F2N6O. The number of halogens is 2. The molecule has 0 bridgehead atoms. The van der Waals surface area contributed by atoms with Crippen LogP contribution in [0.5, 0.6) is 0 Å². The molecule has 4 rings (SSSR count). The summed E-state index contributed by atoms with van der Waals surface area (Å²) in [5, 5.41) is 3.43. The summed E-state index contributed by atoms with van der Waals surface area (Å²) in [6.07, 6.45) is 0.434. The Morgan fingerprint density at radius 1 is 1.14 bits per heavy atom. The fourth-order valence-corrected chi connectivity index (χ4v) is 4.68. The SMILES string of the molecule is COC1=CC(C(F)F)=CC(C)(Nc2cc(N(C)C)nc(N3CCN(Cc4ccccc4)CC3)n2)C1C. The highest BCUT2D eigenvalue weighted by atomic mass is 19.3. The number of anilines is 3. The molecule has 2 atom stereocenters. The molecule has 1 aliphatic carbocycles. The van der Waals surface area contributed by atoms with Gasteiger partial charge in [-0.05, 0) is 24.6 Å². The molecule has 0 radical (unpaired) electrons. The lowest BCUT2D eigenvalue weighted by Gasteiger charge is -2.39. The van der Waals surface area contributed by atoms with Gasteiger partial charge < -0.3 is 19.9 Å². The Labute approximate surface area is 212 Å². The van der Waals surface area contributed by atoms with Gasteiger partial charge in [0.25, 0.3) is 6.43 Å². The average Bonchev–Trinajstić information content (AvgIpc) is 2.86. The lowest BCUT2D eigenvalue weighted by molar-refractivity contribution is 0.180. The van der Waals surface area contributed by atoms with Gasteiger partial charge in [-0.3, -0.25) is 4.90 Å². The molecule has 1 fully saturated rings. The van der Waals surface area contributed by atoms with Gasteiger partial charge in [0.1, 0.15) is 17.4 Å². The Hall–Kier alpha value is -3.20. The van der Waals surface area contributed by atoms with Crippen LogP contribution >= 0.6 is 0 Å². The van der Waals surface area contributed by atoms with Gasteiger partial charge in [0.15, 0.2) is 0 Å². The number of piperazine rings is 1. The van der Waals surface area contributed by atoms with Crippen molar-refractivity contribution in [3.8, 4) is 0 Å². The number of rotatable bonds is 8. The summed E-state index contributed by atoms with van der Waals surface area (Å²) < 4.78 is 32.7. The number of methoxy groups -OCH3 is 1. The van der Waals surface area contributed by atoms with Gasteiger partial charge in [0, 0.05) is 64.4 Å². The van der Waals surface area contributed by atoms with E-state index < -0.39 is 12.0 Å². The molecule has 36 heavy (non-hydrogen) atoms. The summed E-state index contributed by atoms with van der Waals surface area (Å²) >= 11 is 0. The second-order valence-electron chi connectivity index (χ2n) is 9.88. The van der Waals surface area contributed by atoms with Crippen LogP contribution in [0.3, 0.4) is 0 Å². The highest BCUT2D eigenvalue weighted by Crippen LogP contribution is 2.37. The van der Waals surface area contributed by atoms with E-state index in [1.807, 2.05) is 45.0 Å². The van der Waals surface area contributed by atoms with E-state index in [-0.39, 0.29) is 11.5 Å². The van der Waals surface area contributed by atoms with E-state index in [1.54, 1.807) is 6.08 Å². The first-order valence-corrected chi connectivity index (χ1v) is 12.3. The van der Waals surface area contributed by atoms with Crippen molar-refractivity contribution in [2.24, 2.45) is 5.92 Å². The predicted octanol–water partition coefficient (Wildman–Crippen LogP) is 4.41. The molecular weight excluding hydrogens is 462 g/mol. The number of nitrogens with one attached hydrogen (secondary N) is 1. The third-order valence-corrected chi connectivity index (χ3v) is 7.05. The normalized spacial score (nSPS) is 22.8. The highest BCUT2D eigenvalue weighted by molar-refractivity contribution is 5.56. The van der Waals surface area contributed by atoms with Crippen LogP contribution in [0, 0.1) is 5.92 Å². The Balaban J connectivity index is 1.54. The number of nitrogens with zero attached hydrogens (tertiary/aromatic N) is 5. The van der Waals surface area contributed by atoms with Crippen molar-refractivity contribution in [2.45, 2.75) is 32.4 Å². The number of allylic oxidation sites excluding steroid dienone is 2. The quantitative estimate of drug-likeness (QED) is 0.579. The topological polar surface area (TPSA) is 56.8 Å². The van der Waals surface area contributed by atoms with Crippen LogP contribution in [0.15, 0.2) is 59.9 Å². The van der Waals surface area contributed by atoms with E-state index in [0.29, 0.717) is 17.5 Å². The van der Waals surface area contributed by atoms with Crippen LogP contribution in [-0.4, -0.2) is 74.2 Å². The molecule has 0 saturated carbocycles. The average molecular weight is 499 g/mol. The van der Waals surface area contributed by atoms with Gasteiger partial charge in [0.05, 0.1) is 12.6 Å². The molecule has 2 unspecified atom stereocenters. The van der Waals surface area contributed by atoms with E-state index in [2.05, 4.69) is 39.4 Å². The Morgan fingerprint density at radius 3 is 2.44 bits per heavy atom. The van der Waals surface area contributed by atoms with Gasteiger partial charge in [-0.15, -0.1) is 0 Å². The lowest BCUT2D eigenvalue weighted by Crippen LogP contribution is -2.47. The van der Waals surface area contributed by atoms with Gasteiger partial charge in [-0.1, -0.05) is 37.3 Å². The second-order valence-corrected chi connectivity index (χ2v) is 9.88. The van der Waals surface area contributed by atoms with Crippen LogP contribution in [0.1, 0.15) is 19.4 Å². The van der Waals surface area contributed by atoms with Crippen molar-refractivity contribution in [3.63, 3.8) is 0 Å². The van der Waals surface area contributed by atoms with Crippen molar-refractivity contribution in [3.05, 3.63) is 65.4 Å². The van der Waals surface area contributed by atoms with Gasteiger partial charge in [-0.25, -0.2) is 8.78 Å². The Bertz CT molecular complexity index is 1100. The fourth-order valence-electron chi connectivity index (χ4n) is 4.68. The maximum atomic E-state index is 13.6. The summed E-state index contributed by atoms with van der Waals surface area (Å²) in [7, 11) is 5.37. The zero-order chi connectivity index (χ0) is 25.9. The predicted molar refractivity (Wildman–Crippen MR) is 141 cm³/mol. The first kappa shape index (κ1) is 25.9. The summed E-state index contributed by atoms with van der Waals surface area (Å²) in [4.78, 5) is 16.2. The molecule has 1 aromatic carbocycles. The van der Waals surface area contributed by atoms with Crippen molar-refractivity contribution in [2.75, 3.05) is 62.5 Å². The molecule has 2 aliphatic rings. The van der Waals surface area contributed by atoms with Crippen LogP contribution in [0.4, 0.5) is 26.4 Å². The van der Waals surface area contributed by atoms with E-state index in [4.69, 9.17) is 14.7 Å². The smallest absolute Gasteiger partial charge is 0.263 e. The van der Waals surface area contributed by atoms with E-state index >= 15 is 0 Å². The molecule has 2 heterocycles. The summed E-state index contributed by atoms with van der Waals surface area (Å²) in [5.74, 6) is 2.32. The Kier molecular flexibility index (Phi) is 7.78. The van der Waals surface area contributed by atoms with E-state index in [9.17, 15) is 8.78 Å². The van der Waals surface area contributed by atoms with Crippen LogP contribution < -0.4 is 15.1 Å². The molecule has 1 N–H and O–H groups in total. The van der Waals surface area contributed by atoms with Crippen molar-refractivity contribution >= 4 is 17.6 Å². The van der Waals surface area contributed by atoms with Gasteiger partial charge in [0.2, 0.25) is 5.95 Å². The molecule has 1 aliphatic heterocycles.